The number of nitrogens with one attached hydrogen (secondary N) is 2. The van der Waals surface area contributed by atoms with E-state index in [2.05, 4.69) is 41.8 Å². The van der Waals surface area contributed by atoms with Crippen LogP contribution in [0, 0.1) is 19.8 Å². The molecule has 2 aromatic rings. The lowest BCUT2D eigenvalue weighted by Crippen LogP contribution is -2.33. The first-order chi connectivity index (χ1) is 11.0. The van der Waals surface area contributed by atoms with Gasteiger partial charge in [-0.05, 0) is 33.7 Å². The van der Waals surface area contributed by atoms with Gasteiger partial charge in [0.15, 0.2) is 0 Å². The molecule has 0 radical (unpaired) electrons. The first-order valence-corrected chi connectivity index (χ1v) is 8.91. The van der Waals surface area contributed by atoms with Crippen LogP contribution in [0.2, 0.25) is 0 Å². The molecule has 1 fully saturated rings. The van der Waals surface area contributed by atoms with Crippen LogP contribution in [-0.4, -0.2) is 24.0 Å². The van der Waals surface area contributed by atoms with Crippen molar-refractivity contribution in [1.82, 2.24) is 15.6 Å². The second-order valence-electron chi connectivity index (χ2n) is 6.25. The van der Waals surface area contributed by atoms with E-state index in [0.717, 1.165) is 40.7 Å². The van der Waals surface area contributed by atoms with Crippen molar-refractivity contribution in [3.63, 3.8) is 0 Å². The highest BCUT2D eigenvalue weighted by atomic mass is 35.5. The molecule has 2 N–H and O–H groups in total. The Kier molecular flexibility index (Phi) is 6.38. The van der Waals surface area contributed by atoms with Crippen molar-refractivity contribution in [2.24, 2.45) is 5.92 Å². The highest BCUT2D eigenvalue weighted by molar-refractivity contribution is 7.15. The molecule has 1 aromatic heterocycles. The summed E-state index contributed by atoms with van der Waals surface area (Å²) in [6, 6.07) is 8.41. The summed E-state index contributed by atoms with van der Waals surface area (Å²) >= 11 is 1.67. The number of hydrogen-bond donors (Lipinski definition) is 2. The fourth-order valence-electron chi connectivity index (χ4n) is 2.90. The van der Waals surface area contributed by atoms with E-state index in [4.69, 9.17) is 4.98 Å². The van der Waals surface area contributed by atoms with Crippen LogP contribution in [0.5, 0.6) is 0 Å². The fraction of sp³-hybridized carbons (Fsp3) is 0.444. The number of carbonyl (C=O) groups is 1. The summed E-state index contributed by atoms with van der Waals surface area (Å²) in [5.41, 5.74) is 3.38. The minimum absolute atomic E-state index is 0. The first kappa shape index (κ1) is 18.9. The Morgan fingerprint density at radius 2 is 2.04 bits per heavy atom. The monoisotopic (exact) mass is 365 g/mol. The van der Waals surface area contributed by atoms with Gasteiger partial charge >= 0.3 is 0 Å². The Hall–Kier alpha value is -1.43. The number of nitrogens with zero attached hydrogens (tertiary/aromatic N) is 1. The highest BCUT2D eigenvalue weighted by Gasteiger charge is 2.25. The molecule has 1 saturated heterocycles. The fourth-order valence-corrected chi connectivity index (χ4v) is 3.98. The average Bonchev–Trinajstić information content (AvgIpc) is 3.17. The molecular formula is C18H24ClN3OS. The van der Waals surface area contributed by atoms with Crippen LogP contribution in [0.4, 0.5) is 0 Å². The third-order valence-electron chi connectivity index (χ3n) is 4.31. The van der Waals surface area contributed by atoms with Crippen molar-refractivity contribution < 1.29 is 4.79 Å². The summed E-state index contributed by atoms with van der Waals surface area (Å²) in [4.78, 5) is 18.1. The van der Waals surface area contributed by atoms with Gasteiger partial charge in [0.05, 0.1) is 22.5 Å². The topological polar surface area (TPSA) is 54.0 Å². The van der Waals surface area contributed by atoms with Crippen LogP contribution in [0.3, 0.4) is 0 Å². The molecule has 0 spiro atoms. The summed E-state index contributed by atoms with van der Waals surface area (Å²) in [7, 11) is 0. The molecule has 3 rings (SSSR count). The zero-order chi connectivity index (χ0) is 16.4. The molecular weight excluding hydrogens is 342 g/mol. The molecule has 4 nitrogen and oxygen atoms in total. The summed E-state index contributed by atoms with van der Waals surface area (Å²) in [5.74, 6) is 0.245. The number of halogens is 1. The van der Waals surface area contributed by atoms with E-state index in [9.17, 15) is 4.79 Å². The summed E-state index contributed by atoms with van der Waals surface area (Å²) in [5, 5.41) is 7.40. The molecule has 0 bridgehead atoms. The van der Waals surface area contributed by atoms with E-state index in [0.29, 0.717) is 0 Å². The Labute approximate surface area is 153 Å². The van der Waals surface area contributed by atoms with E-state index >= 15 is 0 Å². The van der Waals surface area contributed by atoms with Crippen LogP contribution in [-0.2, 0) is 4.79 Å². The minimum Gasteiger partial charge on any atom is -0.348 e. The second kappa shape index (κ2) is 8.10. The Balaban J connectivity index is 0.00000208. The van der Waals surface area contributed by atoms with Gasteiger partial charge < -0.3 is 10.6 Å². The molecule has 2 atom stereocenters. The molecule has 2 unspecified atom stereocenters. The van der Waals surface area contributed by atoms with Crippen LogP contribution in [0.15, 0.2) is 24.3 Å². The number of carbonyl (C=O) groups excluding carboxylic acids is 1. The van der Waals surface area contributed by atoms with Crippen LogP contribution >= 0.6 is 23.7 Å². The molecule has 1 aromatic carbocycles. The first-order valence-electron chi connectivity index (χ1n) is 8.10. The lowest BCUT2D eigenvalue weighted by molar-refractivity contribution is -0.125. The van der Waals surface area contributed by atoms with Gasteiger partial charge in [-0.1, -0.05) is 29.8 Å². The molecule has 0 saturated carbocycles. The molecule has 24 heavy (non-hydrogen) atoms. The zero-order valence-corrected chi connectivity index (χ0v) is 15.9. The third-order valence-corrected chi connectivity index (χ3v) is 5.70. The van der Waals surface area contributed by atoms with E-state index in [1.165, 1.54) is 5.56 Å². The Bertz CT molecular complexity index is 693. The zero-order valence-electron chi connectivity index (χ0n) is 14.3. The van der Waals surface area contributed by atoms with Crippen molar-refractivity contribution in [3.05, 3.63) is 40.4 Å². The predicted octanol–water partition coefficient (Wildman–Crippen LogP) is 3.64. The van der Waals surface area contributed by atoms with Gasteiger partial charge in [0, 0.05) is 12.1 Å². The maximum atomic E-state index is 12.3. The molecule has 2 heterocycles. The lowest BCUT2D eigenvalue weighted by atomic mass is 10.1. The minimum atomic E-state index is -0.000187. The normalized spacial score (nSPS) is 18.0. The van der Waals surface area contributed by atoms with E-state index in [1.54, 1.807) is 11.3 Å². The van der Waals surface area contributed by atoms with Crippen LogP contribution in [0.1, 0.15) is 35.5 Å². The molecule has 1 aliphatic rings. The highest BCUT2D eigenvalue weighted by Crippen LogP contribution is 2.32. The number of hydrogen-bond acceptors (Lipinski definition) is 4. The molecule has 130 valence electrons. The number of amides is 1. The average molecular weight is 366 g/mol. The lowest BCUT2D eigenvalue weighted by Gasteiger charge is -2.15. The van der Waals surface area contributed by atoms with Crippen molar-refractivity contribution in [3.8, 4) is 10.6 Å². The third kappa shape index (κ3) is 4.15. The maximum absolute atomic E-state index is 12.3. The van der Waals surface area contributed by atoms with Crippen molar-refractivity contribution in [1.29, 1.82) is 0 Å². The van der Waals surface area contributed by atoms with Crippen molar-refractivity contribution in [2.45, 2.75) is 33.2 Å². The van der Waals surface area contributed by atoms with E-state index < -0.39 is 0 Å². The van der Waals surface area contributed by atoms with Crippen molar-refractivity contribution in [2.75, 3.05) is 13.1 Å². The molecule has 1 amide bonds. The van der Waals surface area contributed by atoms with Gasteiger partial charge in [0.25, 0.3) is 0 Å². The second-order valence-corrected chi connectivity index (χ2v) is 7.29. The summed E-state index contributed by atoms with van der Waals surface area (Å²) in [6.07, 6.45) is 0.925. The maximum Gasteiger partial charge on any atom is 0.224 e. The Morgan fingerprint density at radius 3 is 2.67 bits per heavy atom. The smallest absolute Gasteiger partial charge is 0.224 e. The van der Waals surface area contributed by atoms with Gasteiger partial charge in [-0.25, -0.2) is 4.98 Å². The SMILES string of the molecule is Cc1ccc(-c2nc(C)c(C(C)NC(=O)C3CCNC3)s2)cc1.Cl. The molecule has 1 aliphatic heterocycles. The van der Waals surface area contributed by atoms with E-state index in [-0.39, 0.29) is 30.3 Å². The molecule has 0 aliphatic carbocycles. The van der Waals surface area contributed by atoms with E-state index in [1.807, 2.05) is 13.8 Å². The van der Waals surface area contributed by atoms with Gasteiger partial charge in [0.1, 0.15) is 5.01 Å². The summed E-state index contributed by atoms with van der Waals surface area (Å²) < 4.78 is 0. The van der Waals surface area contributed by atoms with Gasteiger partial charge in [0.2, 0.25) is 5.91 Å². The Morgan fingerprint density at radius 1 is 1.33 bits per heavy atom. The quantitative estimate of drug-likeness (QED) is 0.869. The molecule has 6 heteroatoms. The van der Waals surface area contributed by atoms with Crippen molar-refractivity contribution >= 4 is 29.7 Å². The number of aromatic nitrogens is 1. The standard InChI is InChI=1S/C18H23N3OS.ClH/c1-11-4-6-14(7-5-11)18-21-13(3)16(23-18)12(2)20-17(22)15-8-9-19-10-15;/h4-7,12,15,19H,8-10H2,1-3H3,(H,20,22);1H. The van der Waals surface area contributed by atoms with Gasteiger partial charge in [-0.3, -0.25) is 4.79 Å². The predicted molar refractivity (Wildman–Crippen MR) is 102 cm³/mol. The van der Waals surface area contributed by atoms with Crippen LogP contribution in [0.25, 0.3) is 10.6 Å². The van der Waals surface area contributed by atoms with Gasteiger partial charge in [-0.15, -0.1) is 23.7 Å². The number of rotatable bonds is 4. The van der Waals surface area contributed by atoms with Crippen LogP contribution < -0.4 is 10.6 Å². The number of benzene rings is 1. The number of aryl methyl sites for hydroxylation is 2. The number of thiazole rings is 1. The largest absolute Gasteiger partial charge is 0.348 e. The van der Waals surface area contributed by atoms with Gasteiger partial charge in [-0.2, -0.15) is 0 Å². The summed E-state index contributed by atoms with van der Waals surface area (Å²) in [6.45, 7) is 7.86.